The first-order valence-electron chi connectivity index (χ1n) is 11.4. The Labute approximate surface area is 217 Å². The Balaban J connectivity index is 1.76. The predicted molar refractivity (Wildman–Crippen MR) is 143 cm³/mol. The van der Waals surface area contributed by atoms with Gasteiger partial charge in [-0.1, -0.05) is 53.5 Å². The maximum absolute atomic E-state index is 11.2. The van der Waals surface area contributed by atoms with E-state index >= 15 is 0 Å². The molecular formula is C28H21Cl2N5O. The third kappa shape index (κ3) is 3.66. The molecule has 1 N–H and O–H groups in total. The number of pyridine rings is 1. The zero-order valence-electron chi connectivity index (χ0n) is 19.5. The van der Waals surface area contributed by atoms with E-state index < -0.39 is 6.10 Å². The van der Waals surface area contributed by atoms with E-state index in [1.807, 2.05) is 89.7 Å². The molecule has 0 radical (unpaired) electrons. The van der Waals surface area contributed by atoms with Gasteiger partial charge in [-0.05, 0) is 60.0 Å². The number of imidazole rings is 1. The number of benzene rings is 3. The molecule has 36 heavy (non-hydrogen) atoms. The maximum atomic E-state index is 11.2. The van der Waals surface area contributed by atoms with Crippen molar-refractivity contribution in [3.05, 3.63) is 106 Å². The van der Waals surface area contributed by atoms with E-state index in [1.165, 1.54) is 0 Å². The number of halogens is 2. The van der Waals surface area contributed by atoms with Crippen LogP contribution in [0.4, 0.5) is 0 Å². The van der Waals surface area contributed by atoms with E-state index in [4.69, 9.17) is 23.2 Å². The first-order chi connectivity index (χ1) is 17.4. The van der Waals surface area contributed by atoms with Crippen LogP contribution in [-0.2, 0) is 7.05 Å². The Morgan fingerprint density at radius 1 is 0.861 bits per heavy atom. The van der Waals surface area contributed by atoms with Gasteiger partial charge >= 0.3 is 0 Å². The maximum Gasteiger partial charge on any atom is 0.169 e. The van der Waals surface area contributed by atoms with Crippen molar-refractivity contribution in [1.82, 2.24) is 24.1 Å². The third-order valence-electron chi connectivity index (χ3n) is 6.53. The van der Waals surface area contributed by atoms with Crippen LogP contribution in [0.2, 0.25) is 10.0 Å². The molecule has 3 aromatic heterocycles. The molecule has 0 saturated heterocycles. The fourth-order valence-corrected chi connectivity index (χ4v) is 5.13. The Kier molecular flexibility index (Phi) is 5.52. The van der Waals surface area contributed by atoms with Crippen molar-refractivity contribution in [2.75, 3.05) is 0 Å². The molecule has 178 valence electrons. The number of nitrogens with zero attached hydrogens (tertiary/aromatic N) is 5. The largest absolute Gasteiger partial charge is 0.382 e. The Morgan fingerprint density at radius 3 is 2.39 bits per heavy atom. The first kappa shape index (κ1) is 22.7. The van der Waals surface area contributed by atoms with Crippen LogP contribution in [0.1, 0.15) is 23.2 Å². The van der Waals surface area contributed by atoms with Crippen LogP contribution in [0.15, 0.2) is 79.3 Å². The minimum absolute atomic E-state index is 0.631. The summed E-state index contributed by atoms with van der Waals surface area (Å²) in [6.45, 7) is 1.93. The van der Waals surface area contributed by atoms with Crippen LogP contribution in [0.25, 0.3) is 38.8 Å². The van der Waals surface area contributed by atoms with Crippen molar-refractivity contribution in [3.8, 4) is 22.3 Å². The predicted octanol–water partition coefficient (Wildman–Crippen LogP) is 6.65. The molecule has 0 fully saturated rings. The standard InChI is InChI=1S/C28H21Cl2N5O/c1-16-32-33-28-26(17-6-9-20(29)10-7-17)25(18-4-3-5-21(30)12-18)22-13-19(8-11-23(22)35(16)28)27(36)24-14-31-15-34(24)2/h3-15,27,36H,1-2H3. The van der Waals surface area contributed by atoms with Gasteiger partial charge in [-0.3, -0.25) is 4.40 Å². The van der Waals surface area contributed by atoms with Gasteiger partial charge in [0.2, 0.25) is 0 Å². The second kappa shape index (κ2) is 8.75. The van der Waals surface area contributed by atoms with Crippen LogP contribution in [0.3, 0.4) is 0 Å². The summed E-state index contributed by atoms with van der Waals surface area (Å²) in [4.78, 5) is 4.17. The van der Waals surface area contributed by atoms with E-state index in [2.05, 4.69) is 15.2 Å². The van der Waals surface area contributed by atoms with Crippen molar-refractivity contribution in [2.45, 2.75) is 13.0 Å². The number of hydrogen-bond acceptors (Lipinski definition) is 4. The van der Waals surface area contributed by atoms with E-state index in [9.17, 15) is 5.11 Å². The number of fused-ring (bicyclic) bond motifs is 3. The highest BCUT2D eigenvalue weighted by atomic mass is 35.5. The summed E-state index contributed by atoms with van der Waals surface area (Å²) in [5.41, 5.74) is 6.88. The molecule has 1 atom stereocenters. The fourth-order valence-electron chi connectivity index (χ4n) is 4.81. The van der Waals surface area contributed by atoms with Gasteiger partial charge in [-0.25, -0.2) is 4.98 Å². The molecule has 0 aliphatic carbocycles. The fraction of sp³-hybridized carbons (Fsp3) is 0.107. The van der Waals surface area contributed by atoms with Gasteiger partial charge in [0.25, 0.3) is 0 Å². The van der Waals surface area contributed by atoms with E-state index in [1.54, 1.807) is 12.5 Å². The molecule has 6 nitrogen and oxygen atoms in total. The summed E-state index contributed by atoms with van der Waals surface area (Å²) in [6, 6.07) is 21.4. The Hall–Kier alpha value is -3.71. The number of aliphatic hydroxyl groups is 1. The van der Waals surface area contributed by atoms with Gasteiger partial charge in [0, 0.05) is 33.6 Å². The number of aromatic nitrogens is 5. The van der Waals surface area contributed by atoms with Crippen LogP contribution in [0, 0.1) is 6.92 Å². The van der Waals surface area contributed by atoms with Crippen LogP contribution in [-0.4, -0.2) is 29.3 Å². The molecule has 0 amide bonds. The lowest BCUT2D eigenvalue weighted by molar-refractivity contribution is 0.211. The quantitative estimate of drug-likeness (QED) is 0.286. The lowest BCUT2D eigenvalue weighted by atomic mass is 9.90. The summed E-state index contributed by atoms with van der Waals surface area (Å²) in [7, 11) is 1.87. The molecule has 0 spiro atoms. The summed E-state index contributed by atoms with van der Waals surface area (Å²) in [6.07, 6.45) is 2.52. The smallest absolute Gasteiger partial charge is 0.169 e. The lowest BCUT2D eigenvalue weighted by Gasteiger charge is -2.19. The zero-order valence-corrected chi connectivity index (χ0v) is 21.0. The lowest BCUT2D eigenvalue weighted by Crippen LogP contribution is -2.06. The Morgan fingerprint density at radius 2 is 1.67 bits per heavy atom. The van der Waals surface area contributed by atoms with Gasteiger partial charge in [-0.15, -0.1) is 10.2 Å². The van der Waals surface area contributed by atoms with Gasteiger partial charge in [0.15, 0.2) is 5.65 Å². The highest BCUT2D eigenvalue weighted by Crippen LogP contribution is 2.42. The molecule has 8 heteroatoms. The van der Waals surface area contributed by atoms with E-state index in [0.717, 1.165) is 50.2 Å². The second-order valence-electron chi connectivity index (χ2n) is 8.78. The normalized spacial score (nSPS) is 12.5. The van der Waals surface area contributed by atoms with Gasteiger partial charge in [0.1, 0.15) is 11.9 Å². The molecule has 0 aliphatic heterocycles. The minimum atomic E-state index is -0.842. The molecule has 0 saturated carbocycles. The highest BCUT2D eigenvalue weighted by Gasteiger charge is 2.23. The average molecular weight is 514 g/mol. The van der Waals surface area contributed by atoms with E-state index in [-0.39, 0.29) is 0 Å². The van der Waals surface area contributed by atoms with Crippen molar-refractivity contribution < 1.29 is 5.11 Å². The molecule has 6 aromatic rings. The monoisotopic (exact) mass is 513 g/mol. The minimum Gasteiger partial charge on any atom is -0.382 e. The summed E-state index contributed by atoms with van der Waals surface area (Å²) in [5, 5.41) is 22.5. The number of aryl methyl sites for hydroxylation is 2. The summed E-state index contributed by atoms with van der Waals surface area (Å²) < 4.78 is 3.87. The average Bonchev–Trinajstić information content (AvgIpc) is 3.48. The molecule has 1 unspecified atom stereocenters. The first-order valence-corrected chi connectivity index (χ1v) is 12.2. The van der Waals surface area contributed by atoms with Crippen molar-refractivity contribution >= 4 is 39.8 Å². The SMILES string of the molecule is Cc1nnc2c(-c3ccc(Cl)cc3)c(-c3cccc(Cl)c3)c3cc(C(O)c4cncn4C)ccc3n12. The summed E-state index contributed by atoms with van der Waals surface area (Å²) in [5.74, 6) is 0.766. The van der Waals surface area contributed by atoms with Crippen molar-refractivity contribution in [3.63, 3.8) is 0 Å². The Bertz CT molecular complexity index is 1750. The van der Waals surface area contributed by atoms with Crippen LogP contribution in [0.5, 0.6) is 0 Å². The molecule has 0 bridgehead atoms. The third-order valence-corrected chi connectivity index (χ3v) is 7.01. The molecule has 0 aliphatic rings. The molecule has 3 aromatic carbocycles. The van der Waals surface area contributed by atoms with Gasteiger partial charge in [0.05, 0.1) is 23.7 Å². The van der Waals surface area contributed by atoms with Crippen molar-refractivity contribution in [2.24, 2.45) is 7.05 Å². The van der Waals surface area contributed by atoms with Gasteiger partial charge in [-0.2, -0.15) is 0 Å². The van der Waals surface area contributed by atoms with Crippen molar-refractivity contribution in [1.29, 1.82) is 0 Å². The second-order valence-corrected chi connectivity index (χ2v) is 9.65. The highest BCUT2D eigenvalue weighted by molar-refractivity contribution is 6.31. The molecule has 3 heterocycles. The number of hydrogen-bond donors (Lipinski definition) is 1. The van der Waals surface area contributed by atoms with Gasteiger partial charge < -0.3 is 9.67 Å². The summed E-state index contributed by atoms with van der Waals surface area (Å²) >= 11 is 12.7. The topological polar surface area (TPSA) is 68.2 Å². The zero-order chi connectivity index (χ0) is 25.0. The molecular weight excluding hydrogens is 493 g/mol. The van der Waals surface area contributed by atoms with Crippen LogP contribution >= 0.6 is 23.2 Å². The number of aliphatic hydroxyl groups excluding tert-OH is 1. The number of rotatable bonds is 4. The molecule has 6 rings (SSSR count). The van der Waals surface area contributed by atoms with Crippen LogP contribution < -0.4 is 0 Å². The van der Waals surface area contributed by atoms with E-state index in [0.29, 0.717) is 15.7 Å².